The summed E-state index contributed by atoms with van der Waals surface area (Å²) in [6, 6.07) is 0. The maximum Gasteiger partial charge on any atom is 0.412 e. The van der Waals surface area contributed by atoms with Gasteiger partial charge in [0.25, 0.3) is 0 Å². The van der Waals surface area contributed by atoms with E-state index in [2.05, 4.69) is 36.2 Å². The van der Waals surface area contributed by atoms with Gasteiger partial charge >= 0.3 is 53.9 Å². The minimum Gasteiger partial charge on any atom is -0.306 e. The predicted molar refractivity (Wildman–Crippen MR) is 123 cm³/mol. The Balaban J connectivity index is 2.29. The molecule has 0 spiro atoms. The molecule has 0 aromatic rings. The molecular formula is C18H21F15N3O6P3. The lowest BCUT2D eigenvalue weighted by Crippen LogP contribution is -2.23. The summed E-state index contributed by atoms with van der Waals surface area (Å²) in [6.45, 7) is -13.9. The molecule has 9 nitrogen and oxygen atoms in total. The van der Waals surface area contributed by atoms with Crippen molar-refractivity contribution in [2.45, 2.75) is 43.7 Å². The van der Waals surface area contributed by atoms with Crippen molar-refractivity contribution in [3.63, 3.8) is 0 Å². The van der Waals surface area contributed by atoms with Crippen LogP contribution in [-0.2, 0) is 27.1 Å². The molecular weight excluding hydrogens is 732 g/mol. The lowest BCUT2D eigenvalue weighted by atomic mass is 9.95. The Morgan fingerprint density at radius 1 is 0.467 bits per heavy atom. The summed E-state index contributed by atoms with van der Waals surface area (Å²) in [7, 11) is -17.5. The van der Waals surface area contributed by atoms with Gasteiger partial charge in [-0.3, -0.25) is 22.6 Å². The van der Waals surface area contributed by atoms with E-state index in [1.54, 1.807) is 12.2 Å². The van der Waals surface area contributed by atoms with Crippen molar-refractivity contribution >= 4 is 23.0 Å². The molecule has 1 heterocycles. The molecule has 2 aliphatic carbocycles. The third kappa shape index (κ3) is 12.9. The molecule has 0 radical (unpaired) electrons. The Bertz CT molecular complexity index is 1160. The van der Waals surface area contributed by atoms with Crippen LogP contribution in [0, 0.1) is 17.8 Å². The lowest BCUT2D eigenvalue weighted by Gasteiger charge is -2.34. The summed E-state index contributed by atoms with van der Waals surface area (Å²) in [5.74, 6) is -0.981. The van der Waals surface area contributed by atoms with Gasteiger partial charge in [-0.1, -0.05) is 12.2 Å². The average molecular weight is 753 g/mol. The fourth-order valence-electron chi connectivity index (χ4n) is 3.97. The van der Waals surface area contributed by atoms with Gasteiger partial charge in [-0.05, 0) is 30.6 Å². The highest BCUT2D eigenvalue weighted by molar-refractivity contribution is 7.78. The zero-order valence-corrected chi connectivity index (χ0v) is 24.5. The van der Waals surface area contributed by atoms with E-state index in [4.69, 9.17) is 4.52 Å². The van der Waals surface area contributed by atoms with Crippen LogP contribution in [0.4, 0.5) is 65.9 Å². The van der Waals surface area contributed by atoms with Gasteiger partial charge in [0.05, 0.1) is 6.61 Å². The summed E-state index contributed by atoms with van der Waals surface area (Å²) in [6.07, 6.45) is -23.1. The molecule has 1 aliphatic heterocycles. The molecule has 45 heavy (non-hydrogen) atoms. The van der Waals surface area contributed by atoms with E-state index < -0.39 is 99.4 Å². The molecule has 3 rings (SSSR count). The van der Waals surface area contributed by atoms with Crippen LogP contribution in [0.5, 0.6) is 0 Å². The average Bonchev–Trinajstić information content (AvgIpc) is 3.49. The Hall–Kier alpha value is -0.860. The minimum absolute atomic E-state index is 0.0575. The van der Waals surface area contributed by atoms with Crippen LogP contribution in [0.15, 0.2) is 25.7 Å². The van der Waals surface area contributed by atoms with Crippen molar-refractivity contribution in [1.82, 2.24) is 0 Å². The molecule has 1 saturated carbocycles. The number of allylic oxidation sites excluding steroid dienone is 2. The molecule has 1 fully saturated rings. The van der Waals surface area contributed by atoms with E-state index in [0.29, 0.717) is 6.42 Å². The van der Waals surface area contributed by atoms with Gasteiger partial charge in [-0.2, -0.15) is 65.9 Å². The summed E-state index contributed by atoms with van der Waals surface area (Å²) < 4.78 is 234. The molecule has 0 N–H and O–H groups in total. The normalized spacial score (nSPS) is 28.1. The van der Waals surface area contributed by atoms with Gasteiger partial charge in [0, 0.05) is 0 Å². The van der Waals surface area contributed by atoms with Crippen molar-refractivity contribution in [1.29, 1.82) is 0 Å². The molecule has 264 valence electrons. The Morgan fingerprint density at radius 3 is 1.02 bits per heavy atom. The Kier molecular flexibility index (Phi) is 11.6. The first kappa shape index (κ1) is 38.6. The SMILES string of the molecule is FC(F)(F)COP1(OCC2CC3C=CC2C3)=NP(OCC(F)(F)F)(OCC(F)(F)F)=NP(OCC(F)(F)F)(OCC(F)(F)F)=N1. The van der Waals surface area contributed by atoms with Crippen molar-refractivity contribution < 1.29 is 93.0 Å². The number of halogens is 15. The maximum absolute atomic E-state index is 13.3. The fraction of sp³-hybridized carbons (Fsp3) is 0.889. The molecule has 4 unspecified atom stereocenters. The Labute approximate surface area is 243 Å². The van der Waals surface area contributed by atoms with Gasteiger partial charge in [-0.15, -0.1) is 13.5 Å². The van der Waals surface area contributed by atoms with Gasteiger partial charge in [-0.25, -0.2) is 0 Å². The molecule has 3 aliphatic rings. The quantitative estimate of drug-likeness (QED) is 0.106. The number of rotatable bonds is 13. The van der Waals surface area contributed by atoms with Crippen LogP contribution in [-0.4, -0.2) is 70.5 Å². The van der Waals surface area contributed by atoms with E-state index in [1.165, 1.54) is 0 Å². The lowest BCUT2D eigenvalue weighted by molar-refractivity contribution is -0.163. The van der Waals surface area contributed by atoms with Crippen molar-refractivity contribution in [2.75, 3.05) is 39.6 Å². The second-order valence-electron chi connectivity index (χ2n) is 9.52. The van der Waals surface area contributed by atoms with Crippen LogP contribution in [0.3, 0.4) is 0 Å². The third-order valence-electron chi connectivity index (χ3n) is 5.53. The van der Waals surface area contributed by atoms with Crippen LogP contribution in [0.2, 0.25) is 0 Å². The van der Waals surface area contributed by atoms with Crippen LogP contribution >= 0.6 is 23.0 Å². The largest absolute Gasteiger partial charge is 0.412 e. The van der Waals surface area contributed by atoms with E-state index in [-0.39, 0.29) is 18.3 Å². The molecule has 0 saturated heterocycles. The fourth-order valence-corrected chi connectivity index (χ4v) is 13.5. The minimum atomic E-state index is -5.95. The molecule has 0 aromatic carbocycles. The van der Waals surface area contributed by atoms with E-state index in [0.717, 1.165) is 0 Å². The Morgan fingerprint density at radius 2 is 0.778 bits per heavy atom. The summed E-state index contributed by atoms with van der Waals surface area (Å²) in [5.41, 5.74) is 0. The van der Waals surface area contributed by atoms with Crippen molar-refractivity contribution in [3.05, 3.63) is 12.2 Å². The highest BCUT2D eigenvalue weighted by Gasteiger charge is 2.50. The first-order chi connectivity index (χ1) is 20.2. The number of fused-ring (bicyclic) bond motifs is 2. The van der Waals surface area contributed by atoms with Gasteiger partial charge in [0.15, 0.2) is 33.0 Å². The zero-order chi connectivity index (χ0) is 34.2. The maximum atomic E-state index is 13.3. The van der Waals surface area contributed by atoms with Crippen LogP contribution in [0.25, 0.3) is 0 Å². The third-order valence-corrected chi connectivity index (χ3v) is 13.8. The second kappa shape index (κ2) is 13.6. The zero-order valence-electron chi connectivity index (χ0n) is 21.8. The highest BCUT2D eigenvalue weighted by atomic mass is 31.3. The molecule has 27 heteroatoms. The molecule has 2 bridgehead atoms. The van der Waals surface area contributed by atoms with Gasteiger partial charge in [0.1, 0.15) is 0 Å². The van der Waals surface area contributed by atoms with Crippen molar-refractivity contribution in [2.24, 2.45) is 31.3 Å². The molecule has 0 aromatic heterocycles. The predicted octanol–water partition coefficient (Wildman–Crippen LogP) is 9.96. The monoisotopic (exact) mass is 753 g/mol. The molecule has 0 amide bonds. The van der Waals surface area contributed by atoms with Crippen LogP contribution in [0.1, 0.15) is 12.8 Å². The number of nitrogens with zero attached hydrogens (tertiary/aromatic N) is 3. The summed E-state index contributed by atoms with van der Waals surface area (Å²) in [5, 5.41) is 0. The summed E-state index contributed by atoms with van der Waals surface area (Å²) in [4.78, 5) is 0. The topological polar surface area (TPSA) is 92.5 Å². The van der Waals surface area contributed by atoms with Gasteiger partial charge < -0.3 is 4.52 Å². The van der Waals surface area contributed by atoms with Crippen LogP contribution < -0.4 is 0 Å². The van der Waals surface area contributed by atoms with E-state index in [9.17, 15) is 65.9 Å². The first-order valence-electron chi connectivity index (χ1n) is 12.0. The highest BCUT2D eigenvalue weighted by Crippen LogP contribution is 2.81. The number of hydrogen-bond acceptors (Lipinski definition) is 9. The smallest absolute Gasteiger partial charge is 0.306 e. The van der Waals surface area contributed by atoms with Crippen molar-refractivity contribution in [3.8, 4) is 0 Å². The van der Waals surface area contributed by atoms with Gasteiger partial charge in [0.2, 0.25) is 0 Å². The summed E-state index contributed by atoms with van der Waals surface area (Å²) >= 11 is 0. The van der Waals surface area contributed by atoms with E-state index in [1.807, 2.05) is 0 Å². The first-order valence-corrected chi connectivity index (χ1v) is 16.6. The number of hydrogen-bond donors (Lipinski definition) is 0. The number of alkyl halides is 15. The standard InChI is InChI=1S/C18H21F15N3O6P3/c19-14(20,21)6-38-43(37-5-13-4-11-1-2-12(13)3-11)34-44(39-7-15(22,23)24,40-8-16(25,26)27)36-45(35-43,41-9-17(28,29)30)42-10-18(31,32)33/h1-2,11-13H,3-10H2. The second-order valence-corrected chi connectivity index (χ2v) is 16.2. The van der Waals surface area contributed by atoms with E-state index >= 15 is 0 Å². The molecule has 4 atom stereocenters.